The Balaban J connectivity index is 1.99. The first kappa shape index (κ1) is 23.5. The molecule has 7 heteroatoms. The third kappa shape index (κ3) is 4.27. The minimum atomic E-state index is -0.799. The van der Waals surface area contributed by atoms with Crippen LogP contribution >= 0.6 is 0 Å². The van der Waals surface area contributed by atoms with Gasteiger partial charge in [0.05, 0.1) is 30.2 Å². The molecule has 34 heavy (non-hydrogen) atoms. The van der Waals surface area contributed by atoms with Gasteiger partial charge in [0.1, 0.15) is 11.2 Å². The molecule has 2 heterocycles. The molecule has 0 fully saturated rings. The van der Waals surface area contributed by atoms with Crippen LogP contribution < -0.4 is 10.6 Å². The molecule has 174 valence electrons. The van der Waals surface area contributed by atoms with E-state index in [1.165, 1.54) is 10.6 Å². The fraction of sp³-hybridized carbons (Fsp3) is 0.370. The molecule has 0 bridgehead atoms. The van der Waals surface area contributed by atoms with E-state index < -0.39 is 22.5 Å². The number of fused-ring (bicyclic) bond motifs is 2. The summed E-state index contributed by atoms with van der Waals surface area (Å²) in [7, 11) is 0. The summed E-state index contributed by atoms with van der Waals surface area (Å²) in [5, 5.41) is 9.60. The van der Waals surface area contributed by atoms with E-state index in [-0.39, 0.29) is 11.2 Å². The summed E-state index contributed by atoms with van der Waals surface area (Å²) in [4.78, 5) is 19.4. The SMILES string of the molecule is CC(C)(C#N)C#Cc1cccc2c1COCCN2c1nc(=O)n(C(C)(C)C)c2cccc(F)c12. The molecule has 4 rings (SSSR count). The maximum atomic E-state index is 15.3. The van der Waals surface area contributed by atoms with Crippen molar-refractivity contribution < 1.29 is 9.13 Å². The zero-order valence-corrected chi connectivity index (χ0v) is 20.1. The predicted molar refractivity (Wildman–Crippen MR) is 130 cm³/mol. The van der Waals surface area contributed by atoms with Gasteiger partial charge in [-0.15, -0.1) is 0 Å². The highest BCUT2D eigenvalue weighted by molar-refractivity contribution is 5.93. The number of hydrogen-bond acceptors (Lipinski definition) is 5. The van der Waals surface area contributed by atoms with Gasteiger partial charge in [0.25, 0.3) is 0 Å². The zero-order valence-electron chi connectivity index (χ0n) is 20.1. The molecule has 0 saturated heterocycles. The van der Waals surface area contributed by atoms with Crippen molar-refractivity contribution in [1.82, 2.24) is 9.55 Å². The molecule has 2 aromatic carbocycles. The first-order chi connectivity index (χ1) is 16.0. The van der Waals surface area contributed by atoms with E-state index in [0.717, 1.165) is 16.8 Å². The molecule has 6 nitrogen and oxygen atoms in total. The first-order valence-electron chi connectivity index (χ1n) is 11.2. The van der Waals surface area contributed by atoms with E-state index in [1.54, 1.807) is 26.0 Å². The van der Waals surface area contributed by atoms with E-state index >= 15 is 4.39 Å². The van der Waals surface area contributed by atoms with Crippen molar-refractivity contribution >= 4 is 22.4 Å². The minimum absolute atomic E-state index is 0.257. The highest BCUT2D eigenvalue weighted by Gasteiger charge is 2.27. The summed E-state index contributed by atoms with van der Waals surface area (Å²) in [5.41, 5.74) is 0.953. The van der Waals surface area contributed by atoms with Gasteiger partial charge in [-0.3, -0.25) is 4.57 Å². The normalized spacial score (nSPS) is 14.1. The van der Waals surface area contributed by atoms with Gasteiger partial charge >= 0.3 is 5.69 Å². The molecule has 0 saturated carbocycles. The molecule has 0 amide bonds. The van der Waals surface area contributed by atoms with Crippen LogP contribution in [-0.2, 0) is 16.9 Å². The number of ether oxygens (including phenoxy) is 1. The van der Waals surface area contributed by atoms with Gasteiger partial charge in [0, 0.05) is 28.9 Å². The number of aromatic nitrogens is 2. The molecule has 0 radical (unpaired) electrons. The summed E-state index contributed by atoms with van der Waals surface area (Å²) in [6, 6.07) is 12.5. The summed E-state index contributed by atoms with van der Waals surface area (Å²) >= 11 is 0. The Labute approximate surface area is 198 Å². The van der Waals surface area contributed by atoms with Crippen molar-refractivity contribution in [3.63, 3.8) is 0 Å². The van der Waals surface area contributed by atoms with Crippen LogP contribution in [0.1, 0.15) is 45.7 Å². The second-order valence-corrected chi connectivity index (χ2v) is 9.85. The van der Waals surface area contributed by atoms with Gasteiger partial charge < -0.3 is 9.64 Å². The first-order valence-corrected chi connectivity index (χ1v) is 11.2. The fourth-order valence-corrected chi connectivity index (χ4v) is 4.08. The van der Waals surface area contributed by atoms with Gasteiger partial charge in [0.15, 0.2) is 5.82 Å². The zero-order chi connectivity index (χ0) is 24.7. The number of halogens is 1. The van der Waals surface area contributed by atoms with Crippen molar-refractivity contribution in [2.75, 3.05) is 18.1 Å². The van der Waals surface area contributed by atoms with Crippen LogP contribution in [0, 0.1) is 34.4 Å². The molecule has 1 aromatic heterocycles. The molecule has 0 unspecified atom stereocenters. The van der Waals surface area contributed by atoms with Crippen LogP contribution in [0.4, 0.5) is 15.9 Å². The van der Waals surface area contributed by atoms with Gasteiger partial charge in [-0.1, -0.05) is 24.0 Å². The Morgan fingerprint density at radius 3 is 2.56 bits per heavy atom. The van der Waals surface area contributed by atoms with Crippen molar-refractivity contribution in [1.29, 1.82) is 5.26 Å². The van der Waals surface area contributed by atoms with Gasteiger partial charge in [-0.25, -0.2) is 9.18 Å². The van der Waals surface area contributed by atoms with Crippen LogP contribution in [0.3, 0.4) is 0 Å². The van der Waals surface area contributed by atoms with Crippen molar-refractivity contribution in [2.24, 2.45) is 5.41 Å². The van der Waals surface area contributed by atoms with Gasteiger partial charge in [0.2, 0.25) is 0 Å². The highest BCUT2D eigenvalue weighted by atomic mass is 19.1. The third-order valence-electron chi connectivity index (χ3n) is 5.71. The standard InChI is InChI=1S/C27H27FN4O2/c1-26(2,3)32-22-11-7-9-20(28)23(22)24(30-25(32)33)31-14-15-34-16-19-18(8-6-10-21(19)31)12-13-27(4,5)17-29/h6-11H,14-16H2,1-5H3. The van der Waals surface area contributed by atoms with E-state index in [2.05, 4.69) is 22.9 Å². The average molecular weight is 459 g/mol. The van der Waals surface area contributed by atoms with Gasteiger partial charge in [-0.2, -0.15) is 10.2 Å². The fourth-order valence-electron chi connectivity index (χ4n) is 4.08. The summed E-state index contributed by atoms with van der Waals surface area (Å²) in [5.74, 6) is 5.93. The summed E-state index contributed by atoms with van der Waals surface area (Å²) in [6.45, 7) is 10.3. The number of nitrogens with zero attached hydrogens (tertiary/aromatic N) is 4. The van der Waals surface area contributed by atoms with Crippen molar-refractivity contribution in [3.05, 3.63) is 63.8 Å². The maximum absolute atomic E-state index is 15.3. The highest BCUT2D eigenvalue weighted by Crippen LogP contribution is 2.36. The average Bonchev–Trinajstić information content (AvgIpc) is 2.99. The van der Waals surface area contributed by atoms with Gasteiger partial charge in [-0.05, 0) is 58.9 Å². The third-order valence-corrected chi connectivity index (χ3v) is 5.71. The molecular weight excluding hydrogens is 431 g/mol. The lowest BCUT2D eigenvalue weighted by molar-refractivity contribution is 0.133. The maximum Gasteiger partial charge on any atom is 0.350 e. The summed E-state index contributed by atoms with van der Waals surface area (Å²) < 4.78 is 22.6. The molecule has 0 spiro atoms. The van der Waals surface area contributed by atoms with Crippen LogP contribution in [0.5, 0.6) is 0 Å². The van der Waals surface area contributed by atoms with Crippen LogP contribution in [0.15, 0.2) is 41.2 Å². The lowest BCUT2D eigenvalue weighted by atomic mass is 9.95. The number of rotatable bonds is 1. The van der Waals surface area contributed by atoms with E-state index in [0.29, 0.717) is 25.3 Å². The number of hydrogen-bond donors (Lipinski definition) is 0. The lowest BCUT2D eigenvalue weighted by Gasteiger charge is -2.29. The number of anilines is 2. The van der Waals surface area contributed by atoms with E-state index in [9.17, 15) is 10.1 Å². The molecule has 0 N–H and O–H groups in total. The Kier molecular flexibility index (Phi) is 5.93. The van der Waals surface area contributed by atoms with Crippen LogP contribution in [0.25, 0.3) is 10.9 Å². The monoisotopic (exact) mass is 458 g/mol. The Morgan fingerprint density at radius 2 is 1.85 bits per heavy atom. The van der Waals surface area contributed by atoms with Crippen LogP contribution in [0.2, 0.25) is 0 Å². The molecule has 3 aromatic rings. The Morgan fingerprint density at radius 1 is 1.12 bits per heavy atom. The van der Waals surface area contributed by atoms with Crippen molar-refractivity contribution in [2.45, 2.75) is 46.8 Å². The molecule has 1 aliphatic rings. The predicted octanol–water partition coefficient (Wildman–Crippen LogP) is 4.86. The van der Waals surface area contributed by atoms with E-state index in [1.807, 2.05) is 43.9 Å². The lowest BCUT2D eigenvalue weighted by Crippen LogP contribution is -2.37. The van der Waals surface area contributed by atoms with Crippen LogP contribution in [-0.4, -0.2) is 22.7 Å². The topological polar surface area (TPSA) is 71.2 Å². The Hall–Kier alpha value is -3.68. The largest absolute Gasteiger partial charge is 0.375 e. The second-order valence-electron chi connectivity index (χ2n) is 9.85. The summed E-state index contributed by atoms with van der Waals surface area (Å²) in [6.07, 6.45) is 0. The Bertz CT molecular complexity index is 1430. The second kappa shape index (κ2) is 8.59. The smallest absolute Gasteiger partial charge is 0.350 e. The number of nitriles is 1. The molecule has 0 aliphatic carbocycles. The molecular formula is C27H27FN4O2. The van der Waals surface area contributed by atoms with Crippen molar-refractivity contribution in [3.8, 4) is 17.9 Å². The molecule has 0 atom stereocenters. The quantitative estimate of drug-likeness (QED) is 0.487. The molecule has 1 aliphatic heterocycles. The number of benzene rings is 2. The van der Waals surface area contributed by atoms with E-state index in [4.69, 9.17) is 4.74 Å². The minimum Gasteiger partial charge on any atom is -0.375 e.